The first-order valence-corrected chi connectivity index (χ1v) is 10.2. The zero-order valence-corrected chi connectivity index (χ0v) is 17.4. The highest BCUT2D eigenvalue weighted by molar-refractivity contribution is 5.79. The molecule has 6 heteroatoms. The summed E-state index contributed by atoms with van der Waals surface area (Å²) in [7, 11) is 1.78. The molecule has 0 unspecified atom stereocenters. The van der Waals surface area contributed by atoms with E-state index < -0.39 is 0 Å². The first kappa shape index (κ1) is 19.3. The second-order valence-corrected chi connectivity index (χ2v) is 7.77. The molecule has 1 aromatic carbocycles. The number of aromatic nitrogens is 2. The predicted molar refractivity (Wildman–Crippen MR) is 116 cm³/mol. The number of imidazole rings is 1. The Balaban J connectivity index is 1.36. The molecule has 1 aliphatic carbocycles. The van der Waals surface area contributed by atoms with Crippen molar-refractivity contribution in [3.8, 4) is 5.75 Å². The molecule has 152 valence electrons. The van der Waals surface area contributed by atoms with Crippen LogP contribution in [0.25, 0.3) is 5.65 Å². The van der Waals surface area contributed by atoms with E-state index >= 15 is 0 Å². The lowest BCUT2D eigenvalue weighted by atomic mass is 10.1. The highest BCUT2D eigenvalue weighted by Gasteiger charge is 2.22. The molecule has 0 bridgehead atoms. The standard InChI is InChI=1S/C23H29N5O/c1-16-7-10-19(21(11-16)29-15-18-8-9-18)12-25-23(24-3)26-13-20-14-28-17(2)5-4-6-22(28)27-20/h4-7,10-11,14,18H,8-9,12-13,15H2,1-3H3,(H2,24,25,26). The van der Waals surface area contributed by atoms with E-state index in [1.165, 1.54) is 24.1 Å². The maximum absolute atomic E-state index is 6.07. The molecule has 4 rings (SSSR count). The molecule has 0 aliphatic heterocycles. The van der Waals surface area contributed by atoms with E-state index in [0.29, 0.717) is 13.1 Å². The summed E-state index contributed by atoms with van der Waals surface area (Å²) in [6, 6.07) is 12.5. The summed E-state index contributed by atoms with van der Waals surface area (Å²) in [6.45, 7) is 6.26. The minimum Gasteiger partial charge on any atom is -0.493 e. The molecule has 6 nitrogen and oxygen atoms in total. The minimum absolute atomic E-state index is 0.611. The average molecular weight is 392 g/mol. The Labute approximate surface area is 172 Å². The fourth-order valence-electron chi connectivity index (χ4n) is 3.29. The molecule has 0 saturated heterocycles. The topological polar surface area (TPSA) is 63.0 Å². The van der Waals surface area contributed by atoms with Gasteiger partial charge in [-0.15, -0.1) is 0 Å². The summed E-state index contributed by atoms with van der Waals surface area (Å²) >= 11 is 0. The SMILES string of the molecule is CN=C(NCc1cn2c(C)cccc2n1)NCc1ccc(C)cc1OCC1CC1. The van der Waals surface area contributed by atoms with E-state index in [1.54, 1.807) is 7.05 Å². The van der Waals surface area contributed by atoms with Gasteiger partial charge in [-0.1, -0.05) is 18.2 Å². The van der Waals surface area contributed by atoms with Crippen molar-refractivity contribution in [2.24, 2.45) is 10.9 Å². The van der Waals surface area contributed by atoms with Crippen LogP contribution >= 0.6 is 0 Å². The molecule has 29 heavy (non-hydrogen) atoms. The molecule has 3 aromatic rings. The van der Waals surface area contributed by atoms with Gasteiger partial charge >= 0.3 is 0 Å². The second-order valence-electron chi connectivity index (χ2n) is 7.77. The van der Waals surface area contributed by atoms with Gasteiger partial charge in [0, 0.05) is 31.0 Å². The van der Waals surface area contributed by atoms with Crippen molar-refractivity contribution in [1.82, 2.24) is 20.0 Å². The molecule has 2 heterocycles. The first-order chi connectivity index (χ1) is 14.1. The summed E-state index contributed by atoms with van der Waals surface area (Å²) < 4.78 is 8.17. The van der Waals surface area contributed by atoms with Gasteiger partial charge in [-0.2, -0.15) is 0 Å². The Hall–Kier alpha value is -3.02. The van der Waals surface area contributed by atoms with E-state index in [4.69, 9.17) is 4.74 Å². The summed E-state index contributed by atoms with van der Waals surface area (Å²) in [5, 5.41) is 6.74. The van der Waals surface area contributed by atoms with Crippen molar-refractivity contribution in [3.05, 3.63) is 65.1 Å². The molecule has 0 spiro atoms. The number of nitrogens with zero attached hydrogens (tertiary/aromatic N) is 3. The Kier molecular flexibility index (Phi) is 5.69. The van der Waals surface area contributed by atoms with Gasteiger partial charge in [0.1, 0.15) is 11.4 Å². The monoisotopic (exact) mass is 391 g/mol. The van der Waals surface area contributed by atoms with Crippen LogP contribution in [0.5, 0.6) is 5.75 Å². The number of aryl methyl sites for hydroxylation is 2. The van der Waals surface area contributed by atoms with Gasteiger partial charge in [-0.3, -0.25) is 4.99 Å². The van der Waals surface area contributed by atoms with Crippen LogP contribution in [0, 0.1) is 19.8 Å². The van der Waals surface area contributed by atoms with E-state index in [2.05, 4.69) is 69.3 Å². The van der Waals surface area contributed by atoms with Gasteiger partial charge in [-0.05, 0) is 56.4 Å². The zero-order chi connectivity index (χ0) is 20.2. The highest BCUT2D eigenvalue weighted by Crippen LogP contribution is 2.30. The average Bonchev–Trinajstić information content (AvgIpc) is 3.45. The molecule has 2 N–H and O–H groups in total. The number of rotatable bonds is 7. The van der Waals surface area contributed by atoms with Crippen molar-refractivity contribution in [3.63, 3.8) is 0 Å². The largest absolute Gasteiger partial charge is 0.493 e. The van der Waals surface area contributed by atoms with Crippen LogP contribution in [0.15, 0.2) is 47.6 Å². The highest BCUT2D eigenvalue weighted by atomic mass is 16.5. The molecule has 0 amide bonds. The van der Waals surface area contributed by atoms with Gasteiger partial charge < -0.3 is 19.8 Å². The summed E-state index contributed by atoms with van der Waals surface area (Å²) in [6.07, 6.45) is 4.64. The van der Waals surface area contributed by atoms with Crippen LogP contribution < -0.4 is 15.4 Å². The fraction of sp³-hybridized carbons (Fsp3) is 0.391. The van der Waals surface area contributed by atoms with Crippen molar-refractivity contribution in [2.45, 2.75) is 39.8 Å². The Morgan fingerprint density at radius 3 is 2.76 bits per heavy atom. The van der Waals surface area contributed by atoms with Gasteiger partial charge in [0.05, 0.1) is 18.8 Å². The summed E-state index contributed by atoms with van der Waals surface area (Å²) in [5.74, 6) is 2.45. The third-order valence-corrected chi connectivity index (χ3v) is 5.25. The first-order valence-electron chi connectivity index (χ1n) is 10.2. The third kappa shape index (κ3) is 4.88. The normalized spacial score (nSPS) is 14.2. The maximum Gasteiger partial charge on any atom is 0.191 e. The second kappa shape index (κ2) is 8.55. The number of ether oxygens (including phenoxy) is 1. The number of nitrogens with one attached hydrogen (secondary N) is 2. The molecule has 0 atom stereocenters. The Morgan fingerprint density at radius 2 is 2.00 bits per heavy atom. The van der Waals surface area contributed by atoms with Gasteiger partial charge in [-0.25, -0.2) is 4.98 Å². The van der Waals surface area contributed by atoms with Crippen LogP contribution in [-0.2, 0) is 13.1 Å². The van der Waals surface area contributed by atoms with E-state index in [9.17, 15) is 0 Å². The molecular formula is C23H29N5O. The van der Waals surface area contributed by atoms with Crippen molar-refractivity contribution in [2.75, 3.05) is 13.7 Å². The smallest absolute Gasteiger partial charge is 0.191 e. The lowest BCUT2D eigenvalue weighted by Crippen LogP contribution is -2.36. The van der Waals surface area contributed by atoms with Crippen LogP contribution in [0.3, 0.4) is 0 Å². The van der Waals surface area contributed by atoms with E-state index in [0.717, 1.165) is 41.1 Å². The lowest BCUT2D eigenvalue weighted by Gasteiger charge is -2.15. The maximum atomic E-state index is 6.07. The number of fused-ring (bicyclic) bond motifs is 1. The van der Waals surface area contributed by atoms with Crippen LogP contribution in [0.1, 0.15) is 35.4 Å². The number of benzene rings is 1. The van der Waals surface area contributed by atoms with Crippen molar-refractivity contribution >= 4 is 11.6 Å². The molecular weight excluding hydrogens is 362 g/mol. The molecule has 0 radical (unpaired) electrons. The van der Waals surface area contributed by atoms with Crippen LogP contribution in [0.2, 0.25) is 0 Å². The van der Waals surface area contributed by atoms with Crippen molar-refractivity contribution < 1.29 is 4.74 Å². The number of guanidine groups is 1. The summed E-state index contributed by atoms with van der Waals surface area (Å²) in [4.78, 5) is 9.01. The van der Waals surface area contributed by atoms with Gasteiger partial charge in [0.15, 0.2) is 5.96 Å². The number of hydrogen-bond donors (Lipinski definition) is 2. The van der Waals surface area contributed by atoms with Crippen molar-refractivity contribution in [1.29, 1.82) is 0 Å². The van der Waals surface area contributed by atoms with E-state index in [-0.39, 0.29) is 0 Å². The molecule has 1 fully saturated rings. The molecule has 1 saturated carbocycles. The van der Waals surface area contributed by atoms with Crippen LogP contribution in [0.4, 0.5) is 0 Å². The number of aliphatic imine (C=N–C) groups is 1. The van der Waals surface area contributed by atoms with Gasteiger partial charge in [0.25, 0.3) is 0 Å². The lowest BCUT2D eigenvalue weighted by molar-refractivity contribution is 0.296. The Bertz CT molecular complexity index is 1020. The Morgan fingerprint density at radius 1 is 1.17 bits per heavy atom. The molecule has 1 aliphatic rings. The minimum atomic E-state index is 0.611. The number of hydrogen-bond acceptors (Lipinski definition) is 3. The van der Waals surface area contributed by atoms with E-state index in [1.807, 2.05) is 12.1 Å². The third-order valence-electron chi connectivity index (χ3n) is 5.25. The fourth-order valence-corrected chi connectivity index (χ4v) is 3.29. The molecule has 2 aromatic heterocycles. The predicted octanol–water partition coefficient (Wildman–Crippen LogP) is 3.61. The quantitative estimate of drug-likeness (QED) is 0.477. The zero-order valence-electron chi connectivity index (χ0n) is 17.4. The van der Waals surface area contributed by atoms with Crippen LogP contribution in [-0.4, -0.2) is 29.0 Å². The number of pyridine rings is 1. The summed E-state index contributed by atoms with van der Waals surface area (Å²) in [5.41, 5.74) is 5.46. The van der Waals surface area contributed by atoms with Gasteiger partial charge in [0.2, 0.25) is 0 Å².